The number of nitrogens with zero attached hydrogens (tertiary/aromatic N) is 2. The average molecular weight is 444 g/mol. The van der Waals surface area contributed by atoms with E-state index < -0.39 is 30.6 Å². The molecule has 2 unspecified atom stereocenters. The molecule has 0 saturated carbocycles. The van der Waals surface area contributed by atoms with E-state index in [4.69, 9.17) is 27.9 Å². The first-order valence-electron chi connectivity index (χ1n) is 9.23. The predicted octanol–water partition coefficient (Wildman–Crippen LogP) is -0.0717. The Morgan fingerprint density at radius 1 is 1.28 bits per heavy atom. The van der Waals surface area contributed by atoms with Crippen molar-refractivity contribution in [3.63, 3.8) is 0 Å². The van der Waals surface area contributed by atoms with E-state index in [1.807, 2.05) is 6.08 Å². The van der Waals surface area contributed by atoms with Crippen LogP contribution in [0.2, 0.25) is 10.0 Å². The van der Waals surface area contributed by atoms with Gasteiger partial charge in [-0.15, -0.1) is 0 Å². The van der Waals surface area contributed by atoms with Crippen LogP contribution in [0.5, 0.6) is 0 Å². The number of hydrazine groups is 1. The summed E-state index contributed by atoms with van der Waals surface area (Å²) in [5.74, 6) is 0.679. The molecule has 0 aromatic heterocycles. The number of aliphatic hydroxyl groups excluding tert-OH is 3. The molecule has 0 amide bonds. The second-order valence-corrected chi connectivity index (χ2v) is 7.95. The van der Waals surface area contributed by atoms with Gasteiger partial charge in [0.2, 0.25) is 0 Å². The van der Waals surface area contributed by atoms with Gasteiger partial charge in [-0.2, -0.15) is 0 Å². The van der Waals surface area contributed by atoms with Gasteiger partial charge in [0.25, 0.3) is 0 Å². The van der Waals surface area contributed by atoms with Crippen LogP contribution in [0.25, 0.3) is 0 Å². The number of rotatable bonds is 4. The summed E-state index contributed by atoms with van der Waals surface area (Å²) in [5, 5.41) is 35.9. The molecule has 1 saturated heterocycles. The van der Waals surface area contributed by atoms with Gasteiger partial charge in [0.05, 0.1) is 28.8 Å². The highest BCUT2D eigenvalue weighted by molar-refractivity contribution is 6.42. The first-order chi connectivity index (χ1) is 13.9. The maximum atomic E-state index is 10.7. The standard InChI is InChI=1S/C18H23Cl2N5O4/c1-21-24-16-9-4-5-25(17(9)23-7-22-16)18-14(28)13(27)15(29-18)12(26)8-2-3-10(19)11(20)6-8/h2-6,9,12-15,17-18,21,23,26-28H,7H2,1H3,(H,22,24)/t9?,12-,13+,14-,15-,17?,18-/m1/s1. The Morgan fingerprint density at radius 2 is 2.07 bits per heavy atom. The lowest BCUT2D eigenvalue weighted by Crippen LogP contribution is -2.58. The van der Waals surface area contributed by atoms with E-state index in [1.54, 1.807) is 30.3 Å². The molecule has 29 heavy (non-hydrogen) atoms. The number of hydrogen-bond donors (Lipinski definition) is 6. The van der Waals surface area contributed by atoms with E-state index in [-0.39, 0.29) is 17.1 Å². The van der Waals surface area contributed by atoms with E-state index in [2.05, 4.69) is 21.2 Å². The molecule has 4 rings (SSSR count). The maximum Gasteiger partial charge on any atom is 0.160 e. The highest BCUT2D eigenvalue weighted by Gasteiger charge is 2.51. The van der Waals surface area contributed by atoms with Crippen molar-refractivity contribution in [2.75, 3.05) is 13.7 Å². The lowest BCUT2D eigenvalue weighted by atomic mass is 9.99. The summed E-state index contributed by atoms with van der Waals surface area (Å²) in [7, 11) is 1.76. The molecule has 0 spiro atoms. The van der Waals surface area contributed by atoms with Gasteiger partial charge < -0.3 is 30.4 Å². The van der Waals surface area contributed by atoms with Crippen LogP contribution in [-0.4, -0.2) is 70.5 Å². The van der Waals surface area contributed by atoms with E-state index in [9.17, 15) is 15.3 Å². The fourth-order valence-electron chi connectivity index (χ4n) is 3.95. The average Bonchev–Trinajstić information content (AvgIpc) is 3.26. The molecule has 3 aliphatic rings. The lowest BCUT2D eigenvalue weighted by Gasteiger charge is -2.37. The van der Waals surface area contributed by atoms with Crippen LogP contribution in [0.4, 0.5) is 0 Å². The van der Waals surface area contributed by atoms with Crippen molar-refractivity contribution in [1.82, 2.24) is 21.1 Å². The third-order valence-electron chi connectivity index (χ3n) is 5.41. The van der Waals surface area contributed by atoms with Gasteiger partial charge in [-0.1, -0.05) is 35.3 Å². The third kappa shape index (κ3) is 3.73. The van der Waals surface area contributed by atoms with Crippen LogP contribution in [0, 0.1) is 5.92 Å². The first kappa shape index (κ1) is 20.8. The van der Waals surface area contributed by atoms with Crippen molar-refractivity contribution in [1.29, 1.82) is 0 Å². The van der Waals surface area contributed by atoms with Gasteiger partial charge in [-0.05, 0) is 17.7 Å². The van der Waals surface area contributed by atoms with E-state index >= 15 is 0 Å². The largest absolute Gasteiger partial charge is 0.387 e. The lowest BCUT2D eigenvalue weighted by molar-refractivity contribution is -0.114. The van der Waals surface area contributed by atoms with E-state index in [1.165, 1.54) is 6.07 Å². The van der Waals surface area contributed by atoms with Crippen LogP contribution in [0.15, 0.2) is 35.5 Å². The summed E-state index contributed by atoms with van der Waals surface area (Å²) in [5.41, 5.74) is 6.31. The summed E-state index contributed by atoms with van der Waals surface area (Å²) in [4.78, 5) is 6.19. The van der Waals surface area contributed by atoms with Crippen LogP contribution in [0.3, 0.4) is 0 Å². The van der Waals surface area contributed by atoms with Gasteiger partial charge in [0.1, 0.15) is 30.3 Å². The summed E-state index contributed by atoms with van der Waals surface area (Å²) in [6, 6.07) is 4.69. The van der Waals surface area contributed by atoms with Gasteiger partial charge >= 0.3 is 0 Å². The van der Waals surface area contributed by atoms with Gasteiger partial charge in [0.15, 0.2) is 6.23 Å². The molecule has 0 aliphatic carbocycles. The Kier molecular flexibility index (Phi) is 6.01. The first-order valence-corrected chi connectivity index (χ1v) is 9.99. The van der Waals surface area contributed by atoms with Gasteiger partial charge in [-0.25, -0.2) is 5.43 Å². The van der Waals surface area contributed by atoms with Crippen molar-refractivity contribution in [2.45, 2.75) is 36.8 Å². The molecule has 3 aliphatic heterocycles. The summed E-state index contributed by atoms with van der Waals surface area (Å²) in [6.45, 7) is 0.393. The number of ether oxygens (including phenoxy) is 1. The number of hydrogen-bond acceptors (Lipinski definition) is 9. The number of benzene rings is 1. The molecule has 11 heteroatoms. The normalized spacial score (nSPS) is 34.8. The number of halogens is 2. The second-order valence-electron chi connectivity index (χ2n) is 7.13. The molecule has 1 aromatic rings. The summed E-state index contributed by atoms with van der Waals surface area (Å²) < 4.78 is 5.93. The molecule has 1 aromatic carbocycles. The monoisotopic (exact) mass is 443 g/mol. The minimum Gasteiger partial charge on any atom is -0.387 e. The van der Waals surface area contributed by atoms with Crippen molar-refractivity contribution in [3.8, 4) is 0 Å². The number of nitrogens with one attached hydrogen (secondary N) is 3. The number of amidine groups is 1. The quantitative estimate of drug-likeness (QED) is 0.357. The maximum absolute atomic E-state index is 10.7. The molecular formula is C18H23Cl2N5O4. The number of aliphatic hydroxyl groups is 3. The van der Waals surface area contributed by atoms with E-state index in [0.717, 1.165) is 5.84 Å². The SMILES string of the molecule is CNNC1=NCNC2C1C=CN2[C@@H]1O[C@H]([C@H](O)c2ccc(Cl)c(Cl)c2)[C@@H](O)[C@H]1O. The minimum absolute atomic E-state index is 0.0804. The van der Waals surface area contributed by atoms with Crippen LogP contribution >= 0.6 is 23.2 Å². The molecule has 9 nitrogen and oxygen atoms in total. The van der Waals surface area contributed by atoms with Crippen molar-refractivity contribution < 1.29 is 20.1 Å². The zero-order chi connectivity index (χ0) is 20.7. The third-order valence-corrected chi connectivity index (χ3v) is 6.15. The van der Waals surface area contributed by atoms with Crippen molar-refractivity contribution in [3.05, 3.63) is 46.1 Å². The molecule has 0 bridgehead atoms. The number of fused-ring (bicyclic) bond motifs is 1. The zero-order valence-corrected chi connectivity index (χ0v) is 17.0. The molecule has 6 N–H and O–H groups in total. The van der Waals surface area contributed by atoms with Crippen LogP contribution in [-0.2, 0) is 4.74 Å². The Morgan fingerprint density at radius 3 is 2.79 bits per heavy atom. The van der Waals surface area contributed by atoms with E-state index in [0.29, 0.717) is 17.3 Å². The molecular weight excluding hydrogens is 421 g/mol. The molecule has 158 valence electrons. The number of aliphatic imine (C=N–C) groups is 1. The van der Waals surface area contributed by atoms with Crippen molar-refractivity contribution >= 4 is 29.0 Å². The summed E-state index contributed by atoms with van der Waals surface area (Å²) in [6.07, 6.45) is -2.06. The molecule has 1 fully saturated rings. The zero-order valence-electron chi connectivity index (χ0n) is 15.5. The molecule has 3 heterocycles. The Balaban J connectivity index is 1.51. The minimum atomic E-state index is -1.29. The van der Waals surface area contributed by atoms with Crippen LogP contribution in [0.1, 0.15) is 11.7 Å². The topological polar surface area (TPSA) is 122 Å². The van der Waals surface area contributed by atoms with Gasteiger partial charge in [-0.3, -0.25) is 10.3 Å². The second kappa shape index (κ2) is 8.37. The molecule has 7 atom stereocenters. The fraction of sp³-hybridized carbons (Fsp3) is 0.500. The van der Waals surface area contributed by atoms with Crippen LogP contribution < -0.4 is 16.2 Å². The highest BCUT2D eigenvalue weighted by Crippen LogP contribution is 2.37. The Labute approximate surface area is 177 Å². The van der Waals surface area contributed by atoms with Crippen molar-refractivity contribution in [2.24, 2.45) is 10.9 Å². The molecule has 0 radical (unpaired) electrons. The highest BCUT2D eigenvalue weighted by atomic mass is 35.5. The Bertz CT molecular complexity index is 825. The fourth-order valence-corrected chi connectivity index (χ4v) is 4.26. The summed E-state index contributed by atoms with van der Waals surface area (Å²) >= 11 is 12.0. The van der Waals surface area contributed by atoms with Gasteiger partial charge in [0, 0.05) is 13.2 Å². The predicted molar refractivity (Wildman–Crippen MR) is 108 cm³/mol. The Hall–Kier alpha value is -1.43. The smallest absolute Gasteiger partial charge is 0.160 e.